The number of esters is 1. The molecule has 0 bridgehead atoms. The highest BCUT2D eigenvalue weighted by Crippen LogP contribution is 2.42. The van der Waals surface area contributed by atoms with E-state index in [1.54, 1.807) is 12.1 Å². The lowest BCUT2D eigenvalue weighted by atomic mass is 9.77. The molecule has 5 nitrogen and oxygen atoms in total. The SMILES string of the molecule is O=C1OC(C2CCCCC2)/C1=C(\c1ccccc1)c1cccc([N+](=O)[O-])c1. The fourth-order valence-electron chi connectivity index (χ4n) is 4.17. The first-order valence-electron chi connectivity index (χ1n) is 9.40. The van der Waals surface area contributed by atoms with Gasteiger partial charge in [-0.2, -0.15) is 0 Å². The Bertz CT molecular complexity index is 898. The van der Waals surface area contributed by atoms with Gasteiger partial charge in [0.05, 0.1) is 10.5 Å². The van der Waals surface area contributed by atoms with Crippen molar-refractivity contribution >= 4 is 17.2 Å². The highest BCUT2D eigenvalue weighted by atomic mass is 16.6. The topological polar surface area (TPSA) is 69.4 Å². The van der Waals surface area contributed by atoms with Crippen LogP contribution in [0.4, 0.5) is 5.69 Å². The number of nitro groups is 1. The van der Waals surface area contributed by atoms with Crippen LogP contribution in [0.15, 0.2) is 60.2 Å². The van der Waals surface area contributed by atoms with Crippen molar-refractivity contribution in [2.45, 2.75) is 38.2 Å². The van der Waals surface area contributed by atoms with Gasteiger partial charge in [0, 0.05) is 23.6 Å². The molecular weight excluding hydrogens is 342 g/mol. The van der Waals surface area contributed by atoms with E-state index in [0.717, 1.165) is 36.8 Å². The Morgan fingerprint density at radius 2 is 1.67 bits per heavy atom. The first-order valence-corrected chi connectivity index (χ1v) is 9.40. The van der Waals surface area contributed by atoms with Gasteiger partial charge >= 0.3 is 5.97 Å². The Hall–Kier alpha value is -2.95. The number of carbonyl (C=O) groups excluding carboxylic acids is 1. The van der Waals surface area contributed by atoms with Crippen LogP contribution in [-0.4, -0.2) is 17.0 Å². The normalized spacial score (nSPS) is 21.9. The van der Waals surface area contributed by atoms with E-state index >= 15 is 0 Å². The lowest BCUT2D eigenvalue weighted by Gasteiger charge is -2.38. The third-order valence-corrected chi connectivity index (χ3v) is 5.49. The van der Waals surface area contributed by atoms with E-state index in [4.69, 9.17) is 4.74 Å². The molecule has 1 aliphatic carbocycles. The maximum atomic E-state index is 12.5. The summed E-state index contributed by atoms with van der Waals surface area (Å²) in [6.45, 7) is 0. The minimum Gasteiger partial charge on any atom is -0.453 e. The van der Waals surface area contributed by atoms with Crippen LogP contribution in [-0.2, 0) is 9.53 Å². The van der Waals surface area contributed by atoms with Gasteiger partial charge in [-0.1, -0.05) is 61.7 Å². The Morgan fingerprint density at radius 3 is 2.33 bits per heavy atom. The average Bonchev–Trinajstić information content (AvgIpc) is 2.71. The fraction of sp³-hybridized carbons (Fsp3) is 0.318. The van der Waals surface area contributed by atoms with Gasteiger partial charge < -0.3 is 4.74 Å². The number of hydrogen-bond donors (Lipinski definition) is 0. The van der Waals surface area contributed by atoms with E-state index in [-0.39, 0.29) is 17.8 Å². The Labute approximate surface area is 157 Å². The van der Waals surface area contributed by atoms with Crippen LogP contribution in [0.1, 0.15) is 43.2 Å². The number of nitro benzene ring substituents is 1. The number of hydrogen-bond acceptors (Lipinski definition) is 4. The van der Waals surface area contributed by atoms with Crippen LogP contribution in [0.25, 0.3) is 5.57 Å². The third-order valence-electron chi connectivity index (χ3n) is 5.49. The third kappa shape index (κ3) is 3.37. The predicted octanol–water partition coefficient (Wildman–Crippen LogP) is 4.90. The maximum absolute atomic E-state index is 12.5. The number of ether oxygens (including phenoxy) is 1. The summed E-state index contributed by atoms with van der Waals surface area (Å²) >= 11 is 0. The number of rotatable bonds is 4. The molecule has 2 aromatic carbocycles. The molecule has 0 spiro atoms. The van der Waals surface area contributed by atoms with Gasteiger partial charge in [0.25, 0.3) is 5.69 Å². The van der Waals surface area contributed by atoms with E-state index in [2.05, 4.69) is 0 Å². The minimum atomic E-state index is -0.408. The van der Waals surface area contributed by atoms with Crippen molar-refractivity contribution < 1.29 is 14.5 Å². The second kappa shape index (κ2) is 7.35. The number of benzene rings is 2. The maximum Gasteiger partial charge on any atom is 0.339 e. The van der Waals surface area contributed by atoms with Crippen LogP contribution in [0.5, 0.6) is 0 Å². The molecule has 1 saturated carbocycles. The largest absolute Gasteiger partial charge is 0.453 e. The molecule has 0 amide bonds. The number of cyclic esters (lactones) is 1. The zero-order valence-corrected chi connectivity index (χ0v) is 15.0. The second-order valence-electron chi connectivity index (χ2n) is 7.19. The van der Waals surface area contributed by atoms with Crippen molar-refractivity contribution in [1.29, 1.82) is 0 Å². The molecule has 1 unspecified atom stereocenters. The van der Waals surface area contributed by atoms with E-state index < -0.39 is 4.92 Å². The van der Waals surface area contributed by atoms with Crippen molar-refractivity contribution in [3.8, 4) is 0 Å². The standard InChI is InChI=1S/C22H21NO4/c24-22-20(21(27-22)16-10-5-2-6-11-16)19(15-8-3-1-4-9-15)17-12-7-13-18(14-17)23(25)26/h1,3-4,7-9,12-14,16,21H,2,5-6,10-11H2/b20-19-. The summed E-state index contributed by atoms with van der Waals surface area (Å²) in [5.41, 5.74) is 3.00. The number of nitrogens with zero attached hydrogens (tertiary/aromatic N) is 1. The van der Waals surface area contributed by atoms with Crippen molar-refractivity contribution in [1.82, 2.24) is 0 Å². The summed E-state index contributed by atoms with van der Waals surface area (Å²) in [5, 5.41) is 11.2. The first-order chi connectivity index (χ1) is 13.1. The molecule has 4 rings (SSSR count). The van der Waals surface area contributed by atoms with E-state index in [9.17, 15) is 14.9 Å². The van der Waals surface area contributed by atoms with Crippen molar-refractivity contribution in [2.75, 3.05) is 0 Å². The van der Waals surface area contributed by atoms with Gasteiger partial charge in [-0.15, -0.1) is 0 Å². The van der Waals surface area contributed by atoms with Crippen LogP contribution in [0, 0.1) is 16.0 Å². The lowest BCUT2D eigenvalue weighted by Crippen LogP contribution is -2.43. The van der Waals surface area contributed by atoms with Gasteiger partial charge in [-0.25, -0.2) is 4.79 Å². The Balaban J connectivity index is 1.85. The molecule has 138 valence electrons. The highest BCUT2D eigenvalue weighted by molar-refractivity contribution is 6.07. The molecule has 1 atom stereocenters. The van der Waals surface area contributed by atoms with Crippen LogP contribution >= 0.6 is 0 Å². The molecule has 2 aliphatic rings. The minimum absolute atomic E-state index is 0.0171. The summed E-state index contributed by atoms with van der Waals surface area (Å²) in [6, 6.07) is 16.1. The molecule has 27 heavy (non-hydrogen) atoms. The van der Waals surface area contributed by atoms with Gasteiger partial charge in [0.2, 0.25) is 0 Å². The quantitative estimate of drug-likeness (QED) is 0.335. The Morgan fingerprint density at radius 1 is 0.963 bits per heavy atom. The van der Waals surface area contributed by atoms with Crippen molar-refractivity contribution in [2.24, 2.45) is 5.92 Å². The molecule has 1 aliphatic heterocycles. The number of non-ortho nitro benzene ring substituents is 1. The van der Waals surface area contributed by atoms with Crippen LogP contribution in [0.2, 0.25) is 0 Å². The summed E-state index contributed by atoms with van der Waals surface area (Å²) in [7, 11) is 0. The van der Waals surface area contributed by atoms with Gasteiger partial charge in [0.15, 0.2) is 0 Å². The van der Waals surface area contributed by atoms with Gasteiger partial charge in [-0.05, 0) is 24.0 Å². The van der Waals surface area contributed by atoms with E-state index in [1.165, 1.54) is 12.5 Å². The summed E-state index contributed by atoms with van der Waals surface area (Å²) in [5.74, 6) is 0.0276. The van der Waals surface area contributed by atoms with Crippen LogP contribution < -0.4 is 0 Å². The lowest BCUT2D eigenvalue weighted by molar-refractivity contribution is -0.384. The molecule has 2 fully saturated rings. The molecular formula is C22H21NO4. The smallest absolute Gasteiger partial charge is 0.339 e. The zero-order valence-electron chi connectivity index (χ0n) is 15.0. The molecule has 0 N–H and O–H groups in total. The van der Waals surface area contributed by atoms with Crippen LogP contribution in [0.3, 0.4) is 0 Å². The highest BCUT2D eigenvalue weighted by Gasteiger charge is 2.44. The Kier molecular flexibility index (Phi) is 4.75. The van der Waals surface area contributed by atoms with E-state index in [1.807, 2.05) is 36.4 Å². The van der Waals surface area contributed by atoms with Gasteiger partial charge in [0.1, 0.15) is 6.10 Å². The van der Waals surface area contributed by atoms with E-state index in [0.29, 0.717) is 17.1 Å². The predicted molar refractivity (Wildman–Crippen MR) is 102 cm³/mol. The summed E-state index contributed by atoms with van der Waals surface area (Å²) in [4.78, 5) is 23.3. The molecule has 0 radical (unpaired) electrons. The van der Waals surface area contributed by atoms with Crippen molar-refractivity contribution in [3.05, 3.63) is 81.4 Å². The second-order valence-corrected chi connectivity index (χ2v) is 7.19. The fourth-order valence-corrected chi connectivity index (χ4v) is 4.17. The molecule has 5 heteroatoms. The molecule has 2 aromatic rings. The average molecular weight is 363 g/mol. The zero-order chi connectivity index (χ0) is 18.8. The van der Waals surface area contributed by atoms with Gasteiger partial charge in [-0.3, -0.25) is 10.1 Å². The number of carbonyl (C=O) groups is 1. The molecule has 1 heterocycles. The molecule has 0 aromatic heterocycles. The first kappa shape index (κ1) is 17.5. The summed E-state index contributed by atoms with van der Waals surface area (Å²) < 4.78 is 5.56. The molecule has 1 saturated heterocycles. The van der Waals surface area contributed by atoms with Crippen molar-refractivity contribution in [3.63, 3.8) is 0 Å². The summed E-state index contributed by atoms with van der Waals surface area (Å²) in [6.07, 6.45) is 5.43. The monoisotopic (exact) mass is 363 g/mol.